The molecule has 44 heavy (non-hydrogen) atoms. The molecular formula is C33H37F3N2O5S. The first kappa shape index (κ1) is 32.0. The molecular weight excluding hydrogens is 593 g/mol. The summed E-state index contributed by atoms with van der Waals surface area (Å²) in [5, 5.41) is 2.88. The molecule has 0 bridgehead atoms. The van der Waals surface area contributed by atoms with E-state index in [0.29, 0.717) is 31.9 Å². The van der Waals surface area contributed by atoms with Crippen molar-refractivity contribution in [2.75, 3.05) is 37.0 Å². The maximum Gasteiger partial charge on any atom is 0.416 e. The Morgan fingerprint density at radius 2 is 1.68 bits per heavy atom. The van der Waals surface area contributed by atoms with E-state index in [9.17, 15) is 26.4 Å². The second-order valence-electron chi connectivity index (χ2n) is 11.3. The van der Waals surface area contributed by atoms with E-state index in [0.717, 1.165) is 48.2 Å². The van der Waals surface area contributed by atoms with Gasteiger partial charge in [0.25, 0.3) is 5.91 Å². The molecule has 5 rings (SSSR count). The van der Waals surface area contributed by atoms with Crippen molar-refractivity contribution in [3.63, 3.8) is 0 Å². The highest BCUT2D eigenvalue weighted by molar-refractivity contribution is 7.91. The normalized spacial score (nSPS) is 20.9. The van der Waals surface area contributed by atoms with Crippen molar-refractivity contribution in [1.29, 1.82) is 0 Å². The Hall–Kier alpha value is -3.41. The van der Waals surface area contributed by atoms with Gasteiger partial charge in [-0.05, 0) is 78.9 Å². The van der Waals surface area contributed by atoms with Crippen LogP contribution in [0.5, 0.6) is 0 Å². The Labute approximate surface area is 256 Å². The van der Waals surface area contributed by atoms with Crippen LogP contribution in [0.1, 0.15) is 59.2 Å². The van der Waals surface area contributed by atoms with Crippen molar-refractivity contribution >= 4 is 21.4 Å². The number of benzene rings is 3. The van der Waals surface area contributed by atoms with E-state index in [4.69, 9.17) is 9.47 Å². The van der Waals surface area contributed by atoms with E-state index in [1.165, 1.54) is 0 Å². The van der Waals surface area contributed by atoms with Gasteiger partial charge in [0.15, 0.2) is 9.84 Å². The number of piperidine rings is 1. The van der Waals surface area contributed by atoms with Crippen molar-refractivity contribution in [1.82, 2.24) is 5.32 Å². The zero-order valence-corrected chi connectivity index (χ0v) is 25.4. The van der Waals surface area contributed by atoms with Gasteiger partial charge in [-0.1, -0.05) is 31.2 Å². The highest BCUT2D eigenvalue weighted by atomic mass is 32.2. The summed E-state index contributed by atoms with van der Waals surface area (Å²) >= 11 is 0. The van der Waals surface area contributed by atoms with Gasteiger partial charge in [-0.2, -0.15) is 13.2 Å². The summed E-state index contributed by atoms with van der Waals surface area (Å²) in [5.74, 6) is -0.190. The van der Waals surface area contributed by atoms with Gasteiger partial charge in [0.2, 0.25) is 0 Å². The number of sulfone groups is 1. The Bertz CT molecular complexity index is 1500. The summed E-state index contributed by atoms with van der Waals surface area (Å²) in [6, 6.07) is 19.3. The number of hydrogen-bond donors (Lipinski definition) is 1. The number of ether oxygens (including phenoxy) is 2. The van der Waals surface area contributed by atoms with Crippen LogP contribution in [0.4, 0.5) is 18.9 Å². The molecule has 2 saturated heterocycles. The van der Waals surface area contributed by atoms with Gasteiger partial charge in [-0.3, -0.25) is 4.79 Å². The minimum absolute atomic E-state index is 0.0233. The lowest BCUT2D eigenvalue weighted by Gasteiger charge is -2.42. The number of hydrogen-bond acceptors (Lipinski definition) is 6. The van der Waals surface area contributed by atoms with E-state index in [-0.39, 0.29) is 41.2 Å². The zero-order valence-electron chi connectivity index (χ0n) is 24.6. The first-order valence-corrected chi connectivity index (χ1v) is 16.5. The molecule has 2 heterocycles. The molecule has 0 radical (unpaired) electrons. The minimum atomic E-state index is -4.37. The van der Waals surface area contributed by atoms with E-state index in [2.05, 4.69) is 10.2 Å². The minimum Gasteiger partial charge on any atom is -0.379 e. The molecule has 2 aliphatic rings. The molecule has 1 unspecified atom stereocenters. The third-order valence-electron chi connectivity index (χ3n) is 8.40. The lowest BCUT2D eigenvalue weighted by atomic mass is 9.86. The molecule has 3 atom stereocenters. The Morgan fingerprint density at radius 3 is 2.30 bits per heavy atom. The van der Waals surface area contributed by atoms with E-state index in [1.807, 2.05) is 12.1 Å². The molecule has 11 heteroatoms. The molecule has 2 aliphatic heterocycles. The summed E-state index contributed by atoms with van der Waals surface area (Å²) in [6.07, 6.45) is -1.84. The average Bonchev–Trinajstić information content (AvgIpc) is 3.56. The van der Waals surface area contributed by atoms with Crippen molar-refractivity contribution < 1.29 is 35.9 Å². The van der Waals surface area contributed by atoms with Crippen LogP contribution in [0, 0.1) is 0 Å². The van der Waals surface area contributed by atoms with Gasteiger partial charge >= 0.3 is 6.18 Å². The number of rotatable bonds is 10. The molecule has 1 N–H and O–H groups in total. The third kappa shape index (κ3) is 7.80. The van der Waals surface area contributed by atoms with Gasteiger partial charge in [0.05, 0.1) is 41.6 Å². The highest BCUT2D eigenvalue weighted by Crippen LogP contribution is 2.36. The van der Waals surface area contributed by atoms with Crippen LogP contribution in [-0.4, -0.2) is 58.6 Å². The number of nitrogens with zero attached hydrogens (tertiary/aromatic N) is 1. The molecule has 0 spiro atoms. The van der Waals surface area contributed by atoms with E-state index >= 15 is 0 Å². The number of amides is 1. The summed E-state index contributed by atoms with van der Waals surface area (Å²) in [7, 11) is -3.29. The average molecular weight is 631 g/mol. The maximum absolute atomic E-state index is 13.1. The van der Waals surface area contributed by atoms with Gasteiger partial charge in [0.1, 0.15) is 0 Å². The number of halogens is 3. The summed E-state index contributed by atoms with van der Waals surface area (Å²) in [4.78, 5) is 15.4. The number of carbonyl (C=O) groups excluding carboxylic acids is 1. The van der Waals surface area contributed by atoms with Crippen LogP contribution in [-0.2, 0) is 32.0 Å². The first-order valence-electron chi connectivity index (χ1n) is 14.9. The van der Waals surface area contributed by atoms with Gasteiger partial charge in [-0.15, -0.1) is 0 Å². The Kier molecular flexibility index (Phi) is 9.97. The van der Waals surface area contributed by atoms with Crippen molar-refractivity contribution in [2.45, 2.75) is 61.9 Å². The molecule has 0 saturated carbocycles. The topological polar surface area (TPSA) is 84.9 Å². The summed E-state index contributed by atoms with van der Waals surface area (Å²) in [5.41, 5.74) is 2.37. The molecule has 1 amide bonds. The van der Waals surface area contributed by atoms with Crippen molar-refractivity contribution in [2.24, 2.45) is 0 Å². The summed E-state index contributed by atoms with van der Waals surface area (Å²) in [6.45, 7) is 4.22. The SMILES string of the molecule is CCS(=O)(=O)c1ccc(CNC(=O)c2ccc(N3CC(c4ccc(C(F)(F)F)cc4)CC[C@H]3CO[C@@H]3CCOC3)cc2)cc1. The Morgan fingerprint density at radius 1 is 0.977 bits per heavy atom. The fourth-order valence-electron chi connectivity index (χ4n) is 5.69. The molecule has 3 aromatic carbocycles. The second kappa shape index (κ2) is 13.7. The van der Waals surface area contributed by atoms with Gasteiger partial charge < -0.3 is 19.7 Å². The van der Waals surface area contributed by atoms with Gasteiger partial charge in [-0.25, -0.2) is 8.42 Å². The molecule has 0 aliphatic carbocycles. The summed E-state index contributed by atoms with van der Waals surface area (Å²) < 4.78 is 75.0. The van der Waals surface area contributed by atoms with E-state index in [1.54, 1.807) is 55.5 Å². The largest absolute Gasteiger partial charge is 0.416 e. The highest BCUT2D eigenvalue weighted by Gasteiger charge is 2.33. The number of nitrogens with one attached hydrogen (secondary N) is 1. The molecule has 0 aromatic heterocycles. The van der Waals surface area contributed by atoms with E-state index < -0.39 is 21.6 Å². The van der Waals surface area contributed by atoms with Crippen LogP contribution < -0.4 is 10.2 Å². The maximum atomic E-state index is 13.1. The van der Waals surface area contributed by atoms with Gasteiger partial charge in [0, 0.05) is 36.9 Å². The zero-order chi connectivity index (χ0) is 31.3. The molecule has 236 valence electrons. The number of carbonyl (C=O) groups is 1. The second-order valence-corrected chi connectivity index (χ2v) is 13.6. The lowest BCUT2D eigenvalue weighted by Crippen LogP contribution is -2.46. The lowest BCUT2D eigenvalue weighted by molar-refractivity contribution is -0.137. The van der Waals surface area contributed by atoms with Crippen LogP contribution in [0.2, 0.25) is 0 Å². The van der Waals surface area contributed by atoms with Crippen LogP contribution >= 0.6 is 0 Å². The number of anilines is 1. The quantitative estimate of drug-likeness (QED) is 0.297. The molecule has 2 fully saturated rings. The Balaban J connectivity index is 1.26. The monoisotopic (exact) mass is 630 g/mol. The number of alkyl halides is 3. The first-order chi connectivity index (χ1) is 21.0. The van der Waals surface area contributed by atoms with Crippen LogP contribution in [0.25, 0.3) is 0 Å². The standard InChI is InChI=1S/C33H37F3N2O5S/c1-2-44(40,41)31-15-3-23(4-16-31)19-37-32(39)25-7-12-28(13-8-25)38-20-26(24-5-10-27(11-6-24)33(34,35)36)9-14-29(38)21-43-30-17-18-42-22-30/h3-8,10-13,15-16,26,29-30H,2,9,14,17-22H2,1H3,(H,37,39)/t26?,29-,30+/m0/s1. The molecule has 3 aromatic rings. The predicted octanol–water partition coefficient (Wildman–Crippen LogP) is 5.99. The predicted molar refractivity (Wildman–Crippen MR) is 162 cm³/mol. The van der Waals surface area contributed by atoms with Crippen molar-refractivity contribution in [3.05, 3.63) is 95.1 Å². The van der Waals surface area contributed by atoms with Crippen LogP contribution in [0.3, 0.4) is 0 Å². The third-order valence-corrected chi connectivity index (χ3v) is 10.2. The van der Waals surface area contributed by atoms with Crippen molar-refractivity contribution in [3.8, 4) is 0 Å². The fourth-order valence-corrected chi connectivity index (χ4v) is 6.58. The smallest absolute Gasteiger partial charge is 0.379 e. The van der Waals surface area contributed by atoms with Crippen LogP contribution in [0.15, 0.2) is 77.7 Å². The molecule has 7 nitrogen and oxygen atoms in total. The fraction of sp³-hybridized carbons (Fsp3) is 0.424.